The lowest BCUT2D eigenvalue weighted by Gasteiger charge is -2.32. The first-order valence-corrected chi connectivity index (χ1v) is 8.93. The Bertz CT molecular complexity index is 679. The number of likely N-dealkylation sites (tertiary alicyclic amines) is 1. The zero-order valence-corrected chi connectivity index (χ0v) is 14.4. The summed E-state index contributed by atoms with van der Waals surface area (Å²) in [7, 11) is 0. The smallest absolute Gasteiger partial charge is 0.304 e. The third-order valence-corrected chi connectivity index (χ3v) is 4.68. The highest BCUT2D eigenvalue weighted by Crippen LogP contribution is 2.25. The summed E-state index contributed by atoms with van der Waals surface area (Å²) in [6.45, 7) is 2.43. The van der Waals surface area contributed by atoms with Crippen LogP contribution in [0.25, 0.3) is 0 Å². The zero-order chi connectivity index (χ0) is 17.5. The average molecular weight is 339 g/mol. The molecule has 0 spiro atoms. The van der Waals surface area contributed by atoms with E-state index < -0.39 is 5.97 Å². The van der Waals surface area contributed by atoms with Gasteiger partial charge in [0.15, 0.2) is 0 Å². The number of piperidine rings is 1. The largest absolute Gasteiger partial charge is 0.490 e. The molecule has 25 heavy (non-hydrogen) atoms. The van der Waals surface area contributed by atoms with Crippen molar-refractivity contribution in [1.82, 2.24) is 4.90 Å². The third kappa shape index (κ3) is 5.33. The maximum Gasteiger partial charge on any atom is 0.304 e. The highest BCUT2D eigenvalue weighted by molar-refractivity contribution is 5.66. The number of aliphatic carboxylic acids is 1. The van der Waals surface area contributed by atoms with Crippen molar-refractivity contribution >= 4 is 5.97 Å². The van der Waals surface area contributed by atoms with Crippen molar-refractivity contribution in [3.05, 3.63) is 65.7 Å². The fourth-order valence-corrected chi connectivity index (χ4v) is 3.26. The fourth-order valence-electron chi connectivity index (χ4n) is 3.26. The number of carboxylic acid groups (broad SMARTS) is 1. The Labute approximate surface area is 149 Å². The summed E-state index contributed by atoms with van der Waals surface area (Å²) in [6.07, 6.45) is 3.18. The maximum atomic E-state index is 10.7. The molecule has 1 N–H and O–H groups in total. The molecule has 1 aliphatic rings. The molecule has 132 valence electrons. The SMILES string of the molecule is O=C(O)CCN1CCC(Oc2ccccc2Cc2ccccc2)CC1. The van der Waals surface area contributed by atoms with E-state index in [2.05, 4.69) is 47.4 Å². The van der Waals surface area contributed by atoms with Crippen LogP contribution in [-0.4, -0.2) is 41.7 Å². The predicted octanol–water partition coefficient (Wildman–Crippen LogP) is 3.60. The number of hydrogen-bond donors (Lipinski definition) is 1. The molecule has 0 amide bonds. The first-order valence-electron chi connectivity index (χ1n) is 8.93. The van der Waals surface area contributed by atoms with E-state index in [1.54, 1.807) is 0 Å². The summed E-state index contributed by atoms with van der Waals surface area (Å²) in [6, 6.07) is 18.7. The van der Waals surface area contributed by atoms with E-state index in [4.69, 9.17) is 9.84 Å². The lowest BCUT2D eigenvalue weighted by atomic mass is 10.0. The van der Waals surface area contributed by atoms with Gasteiger partial charge in [0.05, 0.1) is 6.42 Å². The standard InChI is InChI=1S/C21H25NO3/c23-21(24)12-15-22-13-10-19(11-14-22)25-20-9-5-4-8-18(20)16-17-6-2-1-3-7-17/h1-9,19H,10-16H2,(H,23,24). The van der Waals surface area contributed by atoms with Crippen molar-refractivity contribution in [3.63, 3.8) is 0 Å². The predicted molar refractivity (Wildman–Crippen MR) is 98.0 cm³/mol. The molecule has 2 aromatic rings. The number of rotatable bonds is 7. The summed E-state index contributed by atoms with van der Waals surface area (Å²) in [4.78, 5) is 12.9. The van der Waals surface area contributed by atoms with E-state index in [0.717, 1.165) is 38.1 Å². The molecule has 0 aliphatic carbocycles. The van der Waals surface area contributed by atoms with E-state index in [1.807, 2.05) is 12.1 Å². The third-order valence-electron chi connectivity index (χ3n) is 4.68. The van der Waals surface area contributed by atoms with Crippen LogP contribution in [0, 0.1) is 0 Å². The lowest BCUT2D eigenvalue weighted by molar-refractivity contribution is -0.137. The minimum atomic E-state index is -0.729. The number of benzene rings is 2. The topological polar surface area (TPSA) is 49.8 Å². The first-order chi connectivity index (χ1) is 12.2. The van der Waals surface area contributed by atoms with Gasteiger partial charge in [0.25, 0.3) is 0 Å². The molecule has 1 fully saturated rings. The number of hydrogen-bond acceptors (Lipinski definition) is 3. The normalized spacial score (nSPS) is 15.8. The van der Waals surface area contributed by atoms with Gasteiger partial charge in [0.1, 0.15) is 11.9 Å². The van der Waals surface area contributed by atoms with Gasteiger partial charge in [-0.1, -0.05) is 48.5 Å². The average Bonchev–Trinajstić information content (AvgIpc) is 2.63. The minimum Gasteiger partial charge on any atom is -0.490 e. The Hall–Kier alpha value is -2.33. The number of carbonyl (C=O) groups is 1. The van der Waals surface area contributed by atoms with Crippen molar-refractivity contribution in [2.75, 3.05) is 19.6 Å². The van der Waals surface area contributed by atoms with Crippen molar-refractivity contribution in [1.29, 1.82) is 0 Å². The van der Waals surface area contributed by atoms with Gasteiger partial charge >= 0.3 is 5.97 Å². The van der Waals surface area contributed by atoms with Crippen LogP contribution < -0.4 is 4.74 Å². The van der Waals surface area contributed by atoms with Crippen LogP contribution in [0.15, 0.2) is 54.6 Å². The van der Waals surface area contributed by atoms with Crippen LogP contribution in [0.5, 0.6) is 5.75 Å². The molecule has 0 atom stereocenters. The summed E-state index contributed by atoms with van der Waals surface area (Å²) in [5.74, 6) is 0.239. The molecule has 3 rings (SSSR count). The molecule has 2 aromatic carbocycles. The molecular formula is C21H25NO3. The maximum absolute atomic E-state index is 10.7. The van der Waals surface area contributed by atoms with Gasteiger partial charge in [-0.15, -0.1) is 0 Å². The van der Waals surface area contributed by atoms with Crippen molar-refractivity contribution < 1.29 is 14.6 Å². The van der Waals surface area contributed by atoms with Crippen LogP contribution in [-0.2, 0) is 11.2 Å². The van der Waals surface area contributed by atoms with E-state index in [-0.39, 0.29) is 12.5 Å². The van der Waals surface area contributed by atoms with Crippen LogP contribution in [0.1, 0.15) is 30.4 Å². The Morgan fingerprint density at radius 3 is 2.44 bits per heavy atom. The lowest BCUT2D eigenvalue weighted by Crippen LogP contribution is -2.39. The Morgan fingerprint density at radius 2 is 1.72 bits per heavy atom. The molecule has 0 bridgehead atoms. The molecular weight excluding hydrogens is 314 g/mol. The molecule has 1 saturated heterocycles. The van der Waals surface area contributed by atoms with Gasteiger partial charge in [-0.3, -0.25) is 4.79 Å². The van der Waals surface area contributed by atoms with Gasteiger partial charge in [-0.25, -0.2) is 0 Å². The highest BCUT2D eigenvalue weighted by atomic mass is 16.5. The second-order valence-electron chi connectivity index (χ2n) is 6.57. The number of ether oxygens (including phenoxy) is 1. The number of carboxylic acids is 1. The van der Waals surface area contributed by atoms with Crippen molar-refractivity contribution in [2.45, 2.75) is 31.8 Å². The van der Waals surface area contributed by atoms with E-state index >= 15 is 0 Å². The highest BCUT2D eigenvalue weighted by Gasteiger charge is 2.21. The van der Waals surface area contributed by atoms with Crippen LogP contribution in [0.4, 0.5) is 0 Å². The van der Waals surface area contributed by atoms with Gasteiger partial charge in [0, 0.05) is 26.1 Å². The molecule has 1 heterocycles. The zero-order valence-electron chi connectivity index (χ0n) is 14.4. The molecule has 4 heteroatoms. The molecule has 1 aliphatic heterocycles. The Morgan fingerprint density at radius 1 is 1.04 bits per heavy atom. The van der Waals surface area contributed by atoms with Crippen LogP contribution in [0.2, 0.25) is 0 Å². The Kier molecular flexibility index (Phi) is 6.07. The summed E-state index contributed by atoms with van der Waals surface area (Å²) >= 11 is 0. The van der Waals surface area contributed by atoms with Crippen molar-refractivity contribution in [3.8, 4) is 5.75 Å². The summed E-state index contributed by atoms with van der Waals surface area (Å²) < 4.78 is 6.29. The quantitative estimate of drug-likeness (QED) is 0.837. The minimum absolute atomic E-state index is 0.206. The summed E-state index contributed by atoms with van der Waals surface area (Å²) in [5, 5.41) is 8.79. The molecule has 4 nitrogen and oxygen atoms in total. The molecule has 0 saturated carbocycles. The van der Waals surface area contributed by atoms with Gasteiger partial charge in [-0.05, 0) is 30.0 Å². The second kappa shape index (κ2) is 8.67. The van der Waals surface area contributed by atoms with E-state index in [1.165, 1.54) is 11.1 Å². The van der Waals surface area contributed by atoms with Crippen molar-refractivity contribution in [2.24, 2.45) is 0 Å². The van der Waals surface area contributed by atoms with Crippen LogP contribution in [0.3, 0.4) is 0 Å². The van der Waals surface area contributed by atoms with Gasteiger partial charge < -0.3 is 14.7 Å². The van der Waals surface area contributed by atoms with Gasteiger partial charge in [0.2, 0.25) is 0 Å². The van der Waals surface area contributed by atoms with Crippen LogP contribution >= 0.6 is 0 Å². The molecule has 0 unspecified atom stereocenters. The van der Waals surface area contributed by atoms with Gasteiger partial charge in [-0.2, -0.15) is 0 Å². The summed E-state index contributed by atoms with van der Waals surface area (Å²) in [5.41, 5.74) is 2.49. The molecule has 0 radical (unpaired) electrons. The fraction of sp³-hybridized carbons (Fsp3) is 0.381. The van der Waals surface area contributed by atoms with E-state index in [9.17, 15) is 4.79 Å². The van der Waals surface area contributed by atoms with E-state index in [0.29, 0.717) is 6.54 Å². The monoisotopic (exact) mass is 339 g/mol. The first kappa shape index (κ1) is 17.5. The second-order valence-corrected chi connectivity index (χ2v) is 6.57. The number of nitrogens with zero attached hydrogens (tertiary/aromatic N) is 1. The number of para-hydroxylation sites is 1. The molecule has 0 aromatic heterocycles. The Balaban J connectivity index is 1.56.